The SMILES string of the molecule is COc1cc(C(C)CN)cc(C)c1C. The summed E-state index contributed by atoms with van der Waals surface area (Å²) in [5, 5.41) is 0. The van der Waals surface area contributed by atoms with Crippen LogP contribution < -0.4 is 10.5 Å². The second-order valence-corrected chi connectivity index (χ2v) is 3.80. The molecule has 0 radical (unpaired) electrons. The van der Waals surface area contributed by atoms with Gasteiger partial charge in [0.05, 0.1) is 7.11 Å². The quantitative estimate of drug-likeness (QED) is 0.800. The van der Waals surface area contributed by atoms with Crippen LogP contribution >= 0.6 is 0 Å². The smallest absolute Gasteiger partial charge is 0.122 e. The van der Waals surface area contributed by atoms with E-state index < -0.39 is 0 Å². The standard InChI is InChI=1S/C12H19NO/c1-8-5-11(9(2)7-13)6-12(14-4)10(8)3/h5-6,9H,7,13H2,1-4H3. The van der Waals surface area contributed by atoms with Crippen LogP contribution in [0, 0.1) is 13.8 Å². The fourth-order valence-electron chi connectivity index (χ4n) is 1.49. The van der Waals surface area contributed by atoms with E-state index in [9.17, 15) is 0 Å². The number of aryl methyl sites for hydroxylation is 1. The molecule has 1 aromatic carbocycles. The number of methoxy groups -OCH3 is 1. The molecule has 0 aliphatic heterocycles. The molecule has 0 spiro atoms. The van der Waals surface area contributed by atoms with Crippen molar-refractivity contribution in [2.24, 2.45) is 5.73 Å². The largest absolute Gasteiger partial charge is 0.496 e. The highest BCUT2D eigenvalue weighted by Gasteiger charge is 2.08. The van der Waals surface area contributed by atoms with Gasteiger partial charge in [-0.25, -0.2) is 0 Å². The molecular weight excluding hydrogens is 174 g/mol. The highest BCUT2D eigenvalue weighted by atomic mass is 16.5. The van der Waals surface area contributed by atoms with Crippen molar-refractivity contribution in [3.05, 3.63) is 28.8 Å². The van der Waals surface area contributed by atoms with Crippen LogP contribution in [0.15, 0.2) is 12.1 Å². The van der Waals surface area contributed by atoms with Crippen LogP contribution in [0.5, 0.6) is 5.75 Å². The first-order chi connectivity index (χ1) is 6.60. The lowest BCUT2D eigenvalue weighted by molar-refractivity contribution is 0.410. The van der Waals surface area contributed by atoms with E-state index in [-0.39, 0.29) is 0 Å². The maximum atomic E-state index is 5.64. The van der Waals surface area contributed by atoms with Crippen molar-refractivity contribution in [1.82, 2.24) is 0 Å². The summed E-state index contributed by atoms with van der Waals surface area (Å²) in [4.78, 5) is 0. The predicted octanol–water partition coefficient (Wildman–Crippen LogP) is 2.37. The predicted molar refractivity (Wildman–Crippen MR) is 59.9 cm³/mol. The van der Waals surface area contributed by atoms with Crippen LogP contribution in [-0.4, -0.2) is 13.7 Å². The normalized spacial score (nSPS) is 12.6. The van der Waals surface area contributed by atoms with Crippen molar-refractivity contribution < 1.29 is 4.74 Å². The van der Waals surface area contributed by atoms with E-state index in [0.717, 1.165) is 5.75 Å². The second kappa shape index (κ2) is 4.47. The molecule has 0 aliphatic rings. The summed E-state index contributed by atoms with van der Waals surface area (Å²) in [6.07, 6.45) is 0. The Hall–Kier alpha value is -1.02. The maximum Gasteiger partial charge on any atom is 0.122 e. The number of ether oxygens (including phenoxy) is 1. The minimum atomic E-state index is 0.392. The Kier molecular flexibility index (Phi) is 3.53. The van der Waals surface area contributed by atoms with E-state index in [1.807, 2.05) is 0 Å². The highest BCUT2D eigenvalue weighted by molar-refractivity contribution is 5.43. The van der Waals surface area contributed by atoms with Gasteiger partial charge in [-0.2, -0.15) is 0 Å². The molecule has 0 bridgehead atoms. The van der Waals surface area contributed by atoms with Gasteiger partial charge in [0.15, 0.2) is 0 Å². The van der Waals surface area contributed by atoms with Crippen LogP contribution in [0.2, 0.25) is 0 Å². The van der Waals surface area contributed by atoms with Crippen molar-refractivity contribution in [2.45, 2.75) is 26.7 Å². The molecule has 78 valence electrons. The maximum absolute atomic E-state index is 5.64. The van der Waals surface area contributed by atoms with E-state index >= 15 is 0 Å². The van der Waals surface area contributed by atoms with Crippen molar-refractivity contribution in [2.75, 3.05) is 13.7 Å². The van der Waals surface area contributed by atoms with Gasteiger partial charge in [-0.3, -0.25) is 0 Å². The van der Waals surface area contributed by atoms with Gasteiger partial charge in [0.1, 0.15) is 5.75 Å². The van der Waals surface area contributed by atoms with Gasteiger partial charge in [0, 0.05) is 0 Å². The molecular formula is C12H19NO. The minimum Gasteiger partial charge on any atom is -0.496 e. The molecule has 0 aromatic heterocycles. The van der Waals surface area contributed by atoms with Gasteiger partial charge >= 0.3 is 0 Å². The molecule has 2 heteroatoms. The van der Waals surface area contributed by atoms with E-state index in [1.165, 1.54) is 16.7 Å². The summed E-state index contributed by atoms with van der Waals surface area (Å²) in [6.45, 7) is 6.98. The average molecular weight is 193 g/mol. The Morgan fingerprint density at radius 1 is 1.36 bits per heavy atom. The molecule has 0 heterocycles. The zero-order chi connectivity index (χ0) is 10.7. The summed E-state index contributed by atoms with van der Waals surface area (Å²) in [7, 11) is 1.71. The lowest BCUT2D eigenvalue weighted by Gasteiger charge is -2.14. The summed E-state index contributed by atoms with van der Waals surface area (Å²) in [5.41, 5.74) is 9.37. The first kappa shape index (κ1) is 11.1. The number of nitrogens with two attached hydrogens (primary N) is 1. The lowest BCUT2D eigenvalue weighted by Crippen LogP contribution is -2.09. The Morgan fingerprint density at radius 2 is 2.00 bits per heavy atom. The number of benzene rings is 1. The fourth-order valence-corrected chi connectivity index (χ4v) is 1.49. The molecule has 0 amide bonds. The third-order valence-electron chi connectivity index (χ3n) is 2.78. The Bertz CT molecular complexity index is 320. The monoisotopic (exact) mass is 193 g/mol. The van der Waals surface area contributed by atoms with Crippen LogP contribution in [0.1, 0.15) is 29.5 Å². The van der Waals surface area contributed by atoms with Gasteiger partial charge in [0.2, 0.25) is 0 Å². The lowest BCUT2D eigenvalue weighted by atomic mass is 9.96. The van der Waals surface area contributed by atoms with Crippen LogP contribution in [0.25, 0.3) is 0 Å². The van der Waals surface area contributed by atoms with E-state index in [0.29, 0.717) is 12.5 Å². The van der Waals surface area contributed by atoms with E-state index in [1.54, 1.807) is 7.11 Å². The molecule has 1 unspecified atom stereocenters. The fraction of sp³-hybridized carbons (Fsp3) is 0.500. The van der Waals surface area contributed by atoms with Crippen molar-refractivity contribution in [3.63, 3.8) is 0 Å². The van der Waals surface area contributed by atoms with Gasteiger partial charge in [-0.15, -0.1) is 0 Å². The van der Waals surface area contributed by atoms with Crippen molar-refractivity contribution in [1.29, 1.82) is 0 Å². The molecule has 0 aliphatic carbocycles. The first-order valence-electron chi connectivity index (χ1n) is 4.95. The van der Waals surface area contributed by atoms with Crippen LogP contribution in [-0.2, 0) is 0 Å². The second-order valence-electron chi connectivity index (χ2n) is 3.80. The third kappa shape index (κ3) is 2.07. The molecule has 2 N–H and O–H groups in total. The molecule has 2 nitrogen and oxygen atoms in total. The molecule has 14 heavy (non-hydrogen) atoms. The summed E-state index contributed by atoms with van der Waals surface area (Å²) < 4.78 is 5.32. The van der Waals surface area contributed by atoms with Gasteiger partial charge in [-0.1, -0.05) is 13.0 Å². The minimum absolute atomic E-state index is 0.392. The Labute approximate surface area is 86.1 Å². The van der Waals surface area contributed by atoms with Crippen molar-refractivity contribution in [3.8, 4) is 5.75 Å². The Balaban J connectivity index is 3.16. The third-order valence-corrected chi connectivity index (χ3v) is 2.78. The van der Waals surface area contributed by atoms with E-state index in [4.69, 9.17) is 10.5 Å². The first-order valence-corrected chi connectivity index (χ1v) is 4.95. The zero-order valence-electron chi connectivity index (χ0n) is 9.42. The zero-order valence-corrected chi connectivity index (χ0v) is 9.42. The number of rotatable bonds is 3. The average Bonchev–Trinajstić information content (AvgIpc) is 2.20. The molecule has 1 rings (SSSR count). The summed E-state index contributed by atoms with van der Waals surface area (Å²) in [5.74, 6) is 1.35. The number of hydrogen-bond acceptors (Lipinski definition) is 2. The van der Waals surface area contributed by atoms with Gasteiger partial charge in [-0.05, 0) is 49.1 Å². The van der Waals surface area contributed by atoms with Gasteiger partial charge < -0.3 is 10.5 Å². The topological polar surface area (TPSA) is 35.2 Å². The summed E-state index contributed by atoms with van der Waals surface area (Å²) >= 11 is 0. The van der Waals surface area contributed by atoms with Crippen LogP contribution in [0.4, 0.5) is 0 Å². The van der Waals surface area contributed by atoms with Gasteiger partial charge in [0.25, 0.3) is 0 Å². The number of hydrogen-bond donors (Lipinski definition) is 1. The molecule has 1 atom stereocenters. The summed E-state index contributed by atoms with van der Waals surface area (Å²) in [6, 6.07) is 4.27. The molecule has 0 saturated carbocycles. The molecule has 1 aromatic rings. The molecule has 0 saturated heterocycles. The Morgan fingerprint density at radius 3 is 2.50 bits per heavy atom. The van der Waals surface area contributed by atoms with Crippen LogP contribution in [0.3, 0.4) is 0 Å². The highest BCUT2D eigenvalue weighted by Crippen LogP contribution is 2.26. The van der Waals surface area contributed by atoms with E-state index in [2.05, 4.69) is 32.9 Å². The molecule has 0 fully saturated rings. The van der Waals surface area contributed by atoms with Crippen molar-refractivity contribution >= 4 is 0 Å².